The van der Waals surface area contributed by atoms with E-state index in [1.807, 2.05) is 42.5 Å². The van der Waals surface area contributed by atoms with Crippen LogP contribution in [-0.2, 0) is 0 Å². The Kier molecular flexibility index (Phi) is 9.03. The number of anilines is 2. The van der Waals surface area contributed by atoms with Gasteiger partial charge in [0.1, 0.15) is 0 Å². The number of hydrogen-bond donors (Lipinski definition) is 2. The molecular weight excluding hydrogens is 448 g/mol. The molecule has 0 unspecified atom stereocenters. The average molecular weight is 491 g/mol. The Labute approximate surface area is 216 Å². The van der Waals surface area contributed by atoms with Crippen molar-refractivity contribution in [3.05, 3.63) is 59.2 Å². The van der Waals surface area contributed by atoms with E-state index in [0.29, 0.717) is 35.2 Å². The maximum Gasteiger partial charge on any atom is 0.255 e. The van der Waals surface area contributed by atoms with Gasteiger partial charge in [-0.05, 0) is 86.5 Å². The van der Waals surface area contributed by atoms with Gasteiger partial charge >= 0.3 is 0 Å². The van der Waals surface area contributed by atoms with Crippen LogP contribution < -0.4 is 15.5 Å². The van der Waals surface area contributed by atoms with Gasteiger partial charge in [-0.25, -0.2) is 0 Å². The van der Waals surface area contributed by atoms with E-state index in [0.717, 1.165) is 51.3 Å². The van der Waals surface area contributed by atoms with E-state index in [4.69, 9.17) is 0 Å². The minimum absolute atomic E-state index is 0.0713. The molecule has 0 aromatic heterocycles. The molecule has 6 nitrogen and oxygen atoms in total. The van der Waals surface area contributed by atoms with Crippen molar-refractivity contribution in [2.45, 2.75) is 58.8 Å². The van der Waals surface area contributed by atoms with Gasteiger partial charge in [-0.1, -0.05) is 39.3 Å². The van der Waals surface area contributed by atoms with Crippen LogP contribution in [0.1, 0.15) is 85.1 Å². The third-order valence-corrected chi connectivity index (χ3v) is 7.63. The molecule has 0 spiro atoms. The lowest BCUT2D eigenvalue weighted by Gasteiger charge is -2.33. The fraction of sp³-hybridized carbons (Fsp3) is 0.533. The van der Waals surface area contributed by atoms with Crippen LogP contribution in [0, 0.1) is 5.92 Å². The Morgan fingerprint density at radius 1 is 0.917 bits per heavy atom. The minimum Gasteiger partial charge on any atom is -0.371 e. The SMILES string of the molecule is CC1CCN(c2ccc(NC(=O)c3ccc(C(C)C)cc3)cc2C(=O)NCCN2CCCCC2)CC1. The van der Waals surface area contributed by atoms with Crippen molar-refractivity contribution in [2.75, 3.05) is 49.5 Å². The molecule has 194 valence electrons. The highest BCUT2D eigenvalue weighted by molar-refractivity contribution is 6.06. The molecule has 2 aliphatic rings. The number of piperidine rings is 2. The van der Waals surface area contributed by atoms with Crippen molar-refractivity contribution >= 4 is 23.2 Å². The molecule has 0 radical (unpaired) electrons. The number of likely N-dealkylation sites (tertiary alicyclic amines) is 1. The molecule has 2 N–H and O–H groups in total. The summed E-state index contributed by atoms with van der Waals surface area (Å²) < 4.78 is 0. The van der Waals surface area contributed by atoms with Crippen LogP contribution in [0.15, 0.2) is 42.5 Å². The van der Waals surface area contributed by atoms with E-state index in [2.05, 4.69) is 41.2 Å². The summed E-state index contributed by atoms with van der Waals surface area (Å²) in [6.07, 6.45) is 6.05. The van der Waals surface area contributed by atoms with Crippen molar-refractivity contribution in [2.24, 2.45) is 5.92 Å². The molecule has 2 fully saturated rings. The summed E-state index contributed by atoms with van der Waals surface area (Å²) in [4.78, 5) is 31.0. The third-order valence-electron chi connectivity index (χ3n) is 7.63. The third kappa shape index (κ3) is 6.88. The van der Waals surface area contributed by atoms with Crippen molar-refractivity contribution in [3.8, 4) is 0 Å². The van der Waals surface area contributed by atoms with Gasteiger partial charge in [0, 0.05) is 43.1 Å². The second-order valence-corrected chi connectivity index (χ2v) is 10.8. The standard InChI is InChI=1S/C30H42N4O2/c1-22(2)24-7-9-25(10-8-24)29(35)32-26-11-12-28(34-18-13-23(3)14-19-34)27(21-26)30(36)31-15-20-33-16-5-4-6-17-33/h7-12,21-23H,4-6,13-20H2,1-3H3,(H,31,36)(H,32,35). The first-order valence-electron chi connectivity index (χ1n) is 13.7. The Morgan fingerprint density at radius 3 is 2.28 bits per heavy atom. The first-order valence-corrected chi connectivity index (χ1v) is 13.7. The number of carbonyl (C=O) groups is 2. The molecule has 2 heterocycles. The van der Waals surface area contributed by atoms with E-state index in [1.165, 1.54) is 24.8 Å². The van der Waals surface area contributed by atoms with E-state index < -0.39 is 0 Å². The Bertz CT molecular complexity index is 1020. The van der Waals surface area contributed by atoms with E-state index in [1.54, 1.807) is 0 Å². The summed E-state index contributed by atoms with van der Waals surface area (Å²) in [5, 5.41) is 6.15. The van der Waals surface area contributed by atoms with Crippen LogP contribution in [0.25, 0.3) is 0 Å². The molecule has 2 aliphatic heterocycles. The molecule has 0 aliphatic carbocycles. The Morgan fingerprint density at radius 2 is 1.61 bits per heavy atom. The summed E-state index contributed by atoms with van der Waals surface area (Å²) in [5.41, 5.74) is 4.05. The fourth-order valence-electron chi connectivity index (χ4n) is 5.15. The van der Waals surface area contributed by atoms with E-state index in [-0.39, 0.29) is 11.8 Å². The molecule has 2 aromatic carbocycles. The highest BCUT2D eigenvalue weighted by atomic mass is 16.2. The number of benzene rings is 2. The minimum atomic E-state index is -0.165. The molecule has 4 rings (SSSR count). The van der Waals surface area contributed by atoms with Crippen LogP contribution >= 0.6 is 0 Å². The predicted molar refractivity (Wildman–Crippen MR) is 148 cm³/mol. The van der Waals surface area contributed by atoms with Crippen LogP contribution in [0.4, 0.5) is 11.4 Å². The Balaban J connectivity index is 1.48. The van der Waals surface area contributed by atoms with Crippen molar-refractivity contribution < 1.29 is 9.59 Å². The normalized spacial score (nSPS) is 17.3. The van der Waals surface area contributed by atoms with Crippen molar-refractivity contribution in [3.63, 3.8) is 0 Å². The molecule has 2 saturated heterocycles. The van der Waals surface area contributed by atoms with Gasteiger partial charge in [0.2, 0.25) is 0 Å². The molecule has 6 heteroatoms. The molecule has 0 saturated carbocycles. The maximum absolute atomic E-state index is 13.4. The van der Waals surface area contributed by atoms with E-state index in [9.17, 15) is 9.59 Å². The van der Waals surface area contributed by atoms with Gasteiger partial charge in [0.25, 0.3) is 11.8 Å². The molecule has 36 heavy (non-hydrogen) atoms. The second kappa shape index (κ2) is 12.4. The summed E-state index contributed by atoms with van der Waals surface area (Å²) in [6.45, 7) is 12.2. The Hall–Kier alpha value is -2.86. The van der Waals surface area contributed by atoms with Crippen LogP contribution in [0.2, 0.25) is 0 Å². The molecule has 2 aromatic rings. The molecule has 0 atom stereocenters. The van der Waals surface area contributed by atoms with Gasteiger partial charge in [-0.2, -0.15) is 0 Å². The van der Waals surface area contributed by atoms with Gasteiger partial charge in [-0.3, -0.25) is 9.59 Å². The first-order chi connectivity index (χ1) is 17.4. The van der Waals surface area contributed by atoms with Gasteiger partial charge in [0.05, 0.1) is 5.56 Å². The zero-order chi connectivity index (χ0) is 25.5. The van der Waals surface area contributed by atoms with Crippen molar-refractivity contribution in [1.82, 2.24) is 10.2 Å². The zero-order valence-electron chi connectivity index (χ0n) is 22.2. The topological polar surface area (TPSA) is 64.7 Å². The largest absolute Gasteiger partial charge is 0.371 e. The molecule has 0 bridgehead atoms. The lowest BCUT2D eigenvalue weighted by atomic mass is 9.97. The monoisotopic (exact) mass is 490 g/mol. The number of nitrogens with one attached hydrogen (secondary N) is 2. The zero-order valence-corrected chi connectivity index (χ0v) is 22.2. The highest BCUT2D eigenvalue weighted by Gasteiger charge is 2.22. The lowest BCUT2D eigenvalue weighted by Crippen LogP contribution is -2.39. The molecular formula is C30H42N4O2. The van der Waals surface area contributed by atoms with E-state index >= 15 is 0 Å². The average Bonchev–Trinajstić information content (AvgIpc) is 2.90. The van der Waals surface area contributed by atoms with Gasteiger partial charge in [-0.15, -0.1) is 0 Å². The number of carbonyl (C=O) groups excluding carboxylic acids is 2. The predicted octanol–water partition coefficient (Wildman–Crippen LogP) is 5.51. The smallest absolute Gasteiger partial charge is 0.255 e. The maximum atomic E-state index is 13.4. The molecule has 2 amide bonds. The fourth-order valence-corrected chi connectivity index (χ4v) is 5.15. The first kappa shape index (κ1) is 26.2. The number of amides is 2. The van der Waals surface area contributed by atoms with Crippen molar-refractivity contribution in [1.29, 1.82) is 0 Å². The summed E-state index contributed by atoms with van der Waals surface area (Å²) >= 11 is 0. The van der Waals surface area contributed by atoms with Crippen LogP contribution in [0.5, 0.6) is 0 Å². The lowest BCUT2D eigenvalue weighted by molar-refractivity contribution is 0.0945. The van der Waals surface area contributed by atoms with Crippen LogP contribution in [0.3, 0.4) is 0 Å². The second-order valence-electron chi connectivity index (χ2n) is 10.8. The number of hydrogen-bond acceptors (Lipinski definition) is 4. The number of rotatable bonds is 8. The quantitative estimate of drug-likeness (QED) is 0.512. The van der Waals surface area contributed by atoms with Crippen LogP contribution in [-0.4, -0.2) is 56.0 Å². The highest BCUT2D eigenvalue weighted by Crippen LogP contribution is 2.29. The summed E-state index contributed by atoms with van der Waals surface area (Å²) in [7, 11) is 0. The van der Waals surface area contributed by atoms with Gasteiger partial charge < -0.3 is 20.4 Å². The summed E-state index contributed by atoms with van der Waals surface area (Å²) in [5.74, 6) is 0.895. The van der Waals surface area contributed by atoms with Gasteiger partial charge in [0.15, 0.2) is 0 Å². The summed E-state index contributed by atoms with van der Waals surface area (Å²) in [6, 6.07) is 13.5. The number of nitrogens with zero attached hydrogens (tertiary/aromatic N) is 2.